The lowest BCUT2D eigenvalue weighted by Gasteiger charge is -2.17. The average molecular weight is 299 g/mol. The number of para-hydroxylation sites is 1. The Labute approximate surface area is 131 Å². The Morgan fingerprint density at radius 3 is 2.45 bits per heavy atom. The highest BCUT2D eigenvalue weighted by atomic mass is 16.5. The third-order valence-electron chi connectivity index (χ3n) is 3.09. The zero-order chi connectivity index (χ0) is 15.9. The summed E-state index contributed by atoms with van der Waals surface area (Å²) in [7, 11) is 1.56. The topological polar surface area (TPSA) is 47.6 Å². The summed E-state index contributed by atoms with van der Waals surface area (Å²) in [4.78, 5) is 12.4. The van der Waals surface area contributed by atoms with E-state index in [4.69, 9.17) is 9.47 Å². The summed E-state index contributed by atoms with van der Waals surface area (Å²) in [6.07, 6.45) is -0.0445. The molecule has 4 nitrogen and oxygen atoms in total. The van der Waals surface area contributed by atoms with Crippen molar-refractivity contribution in [2.24, 2.45) is 0 Å². The van der Waals surface area contributed by atoms with Gasteiger partial charge in [-0.25, -0.2) is 0 Å². The third-order valence-corrected chi connectivity index (χ3v) is 3.09. The van der Waals surface area contributed by atoms with Crippen LogP contribution in [0.3, 0.4) is 0 Å². The summed E-state index contributed by atoms with van der Waals surface area (Å²) in [5, 5.41) is 2.91. The predicted octanol–water partition coefficient (Wildman–Crippen LogP) is 3.41. The molecule has 1 N–H and O–H groups in total. The molecular formula is C18H21NO3. The van der Waals surface area contributed by atoms with E-state index in [1.165, 1.54) is 0 Å². The number of rotatable bonds is 6. The number of ether oxygens (including phenoxy) is 2. The lowest BCUT2D eigenvalue weighted by Crippen LogP contribution is -2.24. The van der Waals surface area contributed by atoms with E-state index in [0.29, 0.717) is 23.6 Å². The number of benzene rings is 2. The maximum Gasteiger partial charge on any atom is 0.255 e. The molecule has 0 atom stereocenters. The second kappa shape index (κ2) is 7.50. The van der Waals surface area contributed by atoms with E-state index in [1.54, 1.807) is 25.3 Å². The largest absolute Gasteiger partial charge is 0.493 e. The van der Waals surface area contributed by atoms with E-state index in [-0.39, 0.29) is 12.0 Å². The molecule has 0 saturated carbocycles. The van der Waals surface area contributed by atoms with Crippen molar-refractivity contribution in [3.8, 4) is 11.5 Å². The van der Waals surface area contributed by atoms with E-state index < -0.39 is 0 Å². The molecule has 1 amide bonds. The first-order chi connectivity index (χ1) is 10.6. The summed E-state index contributed by atoms with van der Waals surface area (Å²) >= 11 is 0. The molecule has 0 aromatic heterocycles. The van der Waals surface area contributed by atoms with Crippen LogP contribution in [0.15, 0.2) is 48.5 Å². The molecule has 116 valence electrons. The molecule has 0 aliphatic rings. The summed E-state index contributed by atoms with van der Waals surface area (Å²) < 4.78 is 11.0. The van der Waals surface area contributed by atoms with Gasteiger partial charge >= 0.3 is 0 Å². The molecular weight excluding hydrogens is 278 g/mol. The number of methoxy groups -OCH3 is 1. The van der Waals surface area contributed by atoms with Crippen LogP contribution >= 0.6 is 0 Å². The first kappa shape index (κ1) is 15.9. The molecule has 2 aromatic carbocycles. The molecule has 0 aliphatic carbocycles. The van der Waals surface area contributed by atoms with E-state index in [2.05, 4.69) is 5.32 Å². The van der Waals surface area contributed by atoms with Gasteiger partial charge in [-0.05, 0) is 31.5 Å². The Morgan fingerprint density at radius 2 is 1.82 bits per heavy atom. The highest BCUT2D eigenvalue weighted by Crippen LogP contribution is 2.32. The molecule has 2 aromatic rings. The van der Waals surface area contributed by atoms with Gasteiger partial charge in [0.15, 0.2) is 11.5 Å². The van der Waals surface area contributed by atoms with Gasteiger partial charge in [0.1, 0.15) is 0 Å². The third kappa shape index (κ3) is 4.01. The second-order valence-corrected chi connectivity index (χ2v) is 5.17. The molecule has 0 spiro atoms. The normalized spacial score (nSPS) is 10.4. The van der Waals surface area contributed by atoms with Crippen molar-refractivity contribution in [3.05, 3.63) is 59.7 Å². The zero-order valence-electron chi connectivity index (χ0n) is 13.1. The second-order valence-electron chi connectivity index (χ2n) is 5.17. The van der Waals surface area contributed by atoms with Crippen LogP contribution in [0.5, 0.6) is 11.5 Å². The van der Waals surface area contributed by atoms with Gasteiger partial charge in [0.05, 0.1) is 18.8 Å². The monoisotopic (exact) mass is 299 g/mol. The molecule has 0 fully saturated rings. The van der Waals surface area contributed by atoms with Gasteiger partial charge in [-0.3, -0.25) is 4.79 Å². The van der Waals surface area contributed by atoms with Gasteiger partial charge in [0, 0.05) is 6.54 Å². The maximum atomic E-state index is 12.4. The van der Waals surface area contributed by atoms with Crippen LogP contribution in [0.25, 0.3) is 0 Å². The number of carbonyl (C=O) groups is 1. The molecule has 4 heteroatoms. The molecule has 0 heterocycles. The van der Waals surface area contributed by atoms with Crippen molar-refractivity contribution in [2.75, 3.05) is 7.11 Å². The molecule has 0 radical (unpaired) electrons. The SMILES string of the molecule is COc1cccc(C(=O)NCc2ccccc2)c1OC(C)C. The van der Waals surface area contributed by atoms with Crippen LogP contribution in [-0.4, -0.2) is 19.1 Å². The van der Waals surface area contributed by atoms with Crippen LogP contribution in [0.4, 0.5) is 0 Å². The minimum absolute atomic E-state index is 0.0445. The van der Waals surface area contributed by atoms with Crippen LogP contribution in [0.1, 0.15) is 29.8 Å². The summed E-state index contributed by atoms with van der Waals surface area (Å²) in [5.41, 5.74) is 1.52. The van der Waals surface area contributed by atoms with Crippen molar-refractivity contribution >= 4 is 5.91 Å². The zero-order valence-corrected chi connectivity index (χ0v) is 13.1. The van der Waals surface area contributed by atoms with Gasteiger partial charge in [-0.2, -0.15) is 0 Å². The van der Waals surface area contributed by atoms with E-state index in [9.17, 15) is 4.79 Å². The maximum absolute atomic E-state index is 12.4. The highest BCUT2D eigenvalue weighted by Gasteiger charge is 2.17. The Balaban J connectivity index is 2.18. The number of nitrogens with one attached hydrogen (secondary N) is 1. The fraction of sp³-hybridized carbons (Fsp3) is 0.278. The van der Waals surface area contributed by atoms with Gasteiger partial charge < -0.3 is 14.8 Å². The lowest BCUT2D eigenvalue weighted by molar-refractivity contribution is 0.0944. The number of hydrogen-bond acceptors (Lipinski definition) is 3. The first-order valence-corrected chi connectivity index (χ1v) is 7.27. The summed E-state index contributed by atoms with van der Waals surface area (Å²) in [5.74, 6) is 0.852. The Hall–Kier alpha value is -2.49. The number of hydrogen-bond donors (Lipinski definition) is 1. The van der Waals surface area contributed by atoms with Crippen molar-refractivity contribution < 1.29 is 14.3 Å². The smallest absolute Gasteiger partial charge is 0.255 e. The van der Waals surface area contributed by atoms with Crippen LogP contribution in [-0.2, 0) is 6.54 Å². The first-order valence-electron chi connectivity index (χ1n) is 7.27. The van der Waals surface area contributed by atoms with E-state index >= 15 is 0 Å². The molecule has 22 heavy (non-hydrogen) atoms. The lowest BCUT2D eigenvalue weighted by atomic mass is 10.1. The van der Waals surface area contributed by atoms with Crippen LogP contribution in [0.2, 0.25) is 0 Å². The number of amides is 1. The van der Waals surface area contributed by atoms with Crippen molar-refractivity contribution in [2.45, 2.75) is 26.5 Å². The van der Waals surface area contributed by atoms with Crippen LogP contribution < -0.4 is 14.8 Å². The molecule has 2 rings (SSSR count). The van der Waals surface area contributed by atoms with E-state index in [0.717, 1.165) is 5.56 Å². The Kier molecular flexibility index (Phi) is 5.42. The molecule has 0 unspecified atom stereocenters. The van der Waals surface area contributed by atoms with Gasteiger partial charge in [0.2, 0.25) is 0 Å². The summed E-state index contributed by atoms with van der Waals surface area (Å²) in [6.45, 7) is 4.30. The van der Waals surface area contributed by atoms with Gasteiger partial charge in [-0.15, -0.1) is 0 Å². The van der Waals surface area contributed by atoms with Gasteiger partial charge in [-0.1, -0.05) is 36.4 Å². The minimum Gasteiger partial charge on any atom is -0.493 e. The fourth-order valence-corrected chi connectivity index (χ4v) is 2.09. The fourth-order valence-electron chi connectivity index (χ4n) is 2.09. The quantitative estimate of drug-likeness (QED) is 0.889. The molecule has 0 saturated heterocycles. The summed E-state index contributed by atoms with van der Waals surface area (Å²) in [6, 6.07) is 15.1. The van der Waals surface area contributed by atoms with Crippen LogP contribution in [0, 0.1) is 0 Å². The van der Waals surface area contributed by atoms with Crippen molar-refractivity contribution in [1.29, 1.82) is 0 Å². The van der Waals surface area contributed by atoms with Crippen molar-refractivity contribution in [1.82, 2.24) is 5.32 Å². The Morgan fingerprint density at radius 1 is 1.09 bits per heavy atom. The molecule has 0 bridgehead atoms. The number of carbonyl (C=O) groups excluding carboxylic acids is 1. The molecule has 0 aliphatic heterocycles. The van der Waals surface area contributed by atoms with Gasteiger partial charge in [0.25, 0.3) is 5.91 Å². The highest BCUT2D eigenvalue weighted by molar-refractivity contribution is 5.97. The minimum atomic E-state index is -0.182. The van der Waals surface area contributed by atoms with E-state index in [1.807, 2.05) is 44.2 Å². The standard InChI is InChI=1S/C18H21NO3/c1-13(2)22-17-15(10-7-11-16(17)21-3)18(20)19-12-14-8-5-4-6-9-14/h4-11,13H,12H2,1-3H3,(H,19,20). The van der Waals surface area contributed by atoms with Crippen molar-refractivity contribution in [3.63, 3.8) is 0 Å². The average Bonchev–Trinajstić information content (AvgIpc) is 2.53. The predicted molar refractivity (Wildman–Crippen MR) is 86.4 cm³/mol. The Bertz CT molecular complexity index is 623.